The predicted molar refractivity (Wildman–Crippen MR) is 92.4 cm³/mol. The summed E-state index contributed by atoms with van der Waals surface area (Å²) in [6.45, 7) is 6.87. The summed E-state index contributed by atoms with van der Waals surface area (Å²) in [4.78, 5) is 27.5. The Balaban J connectivity index is 1.71. The van der Waals surface area contributed by atoms with Gasteiger partial charge in [0.15, 0.2) is 0 Å². The number of nitrogens with zero attached hydrogens (tertiary/aromatic N) is 1. The molecular weight excluding hydrogens is 304 g/mol. The van der Waals surface area contributed by atoms with Crippen molar-refractivity contribution >= 4 is 11.8 Å². The van der Waals surface area contributed by atoms with E-state index in [1.54, 1.807) is 0 Å². The van der Waals surface area contributed by atoms with Crippen LogP contribution in [0.1, 0.15) is 58.8 Å². The number of nitrogens with one attached hydrogen (secondary N) is 1. The van der Waals surface area contributed by atoms with Gasteiger partial charge in [-0.05, 0) is 31.6 Å². The highest BCUT2D eigenvalue weighted by molar-refractivity contribution is 5.83. The lowest BCUT2D eigenvalue weighted by atomic mass is 9.71. The van der Waals surface area contributed by atoms with Crippen molar-refractivity contribution in [3.05, 3.63) is 0 Å². The highest BCUT2D eigenvalue weighted by atomic mass is 16.5. The average molecular weight is 336 g/mol. The molecule has 2 amide bonds. The molecule has 0 radical (unpaired) electrons. The van der Waals surface area contributed by atoms with E-state index in [9.17, 15) is 9.59 Å². The van der Waals surface area contributed by atoms with Crippen LogP contribution in [0.5, 0.6) is 0 Å². The van der Waals surface area contributed by atoms with Crippen LogP contribution in [0, 0.1) is 17.3 Å². The standard InChI is InChI=1S/C19H32N2O3/c1-14(2)11-17(22)21-12-16(18(23)20-15-5-3-4-6-15)19(13-21)7-9-24-10-8-19/h14-16H,3-13H2,1-2H3,(H,20,23). The maximum atomic E-state index is 13.0. The lowest BCUT2D eigenvalue weighted by molar-refractivity contribution is -0.131. The number of hydrogen-bond donors (Lipinski definition) is 1. The van der Waals surface area contributed by atoms with Crippen LogP contribution in [0.15, 0.2) is 0 Å². The van der Waals surface area contributed by atoms with Gasteiger partial charge in [-0.3, -0.25) is 9.59 Å². The molecule has 2 aliphatic heterocycles. The van der Waals surface area contributed by atoms with Crippen LogP contribution in [0.3, 0.4) is 0 Å². The molecule has 5 heteroatoms. The second kappa shape index (κ2) is 7.42. The Morgan fingerprint density at radius 2 is 1.88 bits per heavy atom. The monoisotopic (exact) mass is 336 g/mol. The Morgan fingerprint density at radius 3 is 2.50 bits per heavy atom. The van der Waals surface area contributed by atoms with E-state index in [2.05, 4.69) is 19.2 Å². The van der Waals surface area contributed by atoms with Gasteiger partial charge < -0.3 is 15.0 Å². The summed E-state index contributed by atoms with van der Waals surface area (Å²) in [5.41, 5.74) is -0.0758. The molecule has 0 bridgehead atoms. The molecule has 1 unspecified atom stereocenters. The van der Waals surface area contributed by atoms with Crippen LogP contribution in [-0.4, -0.2) is 49.1 Å². The minimum absolute atomic E-state index is 0.0712. The molecule has 0 aromatic carbocycles. The second-order valence-electron chi connectivity index (χ2n) is 8.39. The van der Waals surface area contributed by atoms with Crippen LogP contribution >= 0.6 is 0 Å². The van der Waals surface area contributed by atoms with Crippen molar-refractivity contribution in [2.24, 2.45) is 17.3 Å². The molecule has 1 atom stereocenters. The number of hydrogen-bond acceptors (Lipinski definition) is 3. The molecule has 2 heterocycles. The first-order valence-corrected chi connectivity index (χ1v) is 9.66. The topological polar surface area (TPSA) is 58.6 Å². The maximum Gasteiger partial charge on any atom is 0.225 e. The third kappa shape index (κ3) is 3.76. The van der Waals surface area contributed by atoms with Gasteiger partial charge in [-0.1, -0.05) is 26.7 Å². The van der Waals surface area contributed by atoms with E-state index in [-0.39, 0.29) is 23.1 Å². The fourth-order valence-electron chi connectivity index (χ4n) is 4.65. The predicted octanol–water partition coefficient (Wildman–Crippen LogP) is 2.35. The normalized spacial score (nSPS) is 27.1. The molecule has 3 rings (SSSR count). The number of carbonyl (C=O) groups is 2. The van der Waals surface area contributed by atoms with E-state index in [4.69, 9.17) is 4.74 Å². The Labute approximate surface area is 145 Å². The van der Waals surface area contributed by atoms with E-state index in [0.29, 0.717) is 38.1 Å². The average Bonchev–Trinajstić information content (AvgIpc) is 3.16. The van der Waals surface area contributed by atoms with Crippen LogP contribution in [0.2, 0.25) is 0 Å². The molecule has 5 nitrogen and oxygen atoms in total. The van der Waals surface area contributed by atoms with Crippen LogP contribution < -0.4 is 5.32 Å². The summed E-state index contributed by atoms with van der Waals surface area (Å²) < 4.78 is 5.54. The number of likely N-dealkylation sites (tertiary alicyclic amines) is 1. The highest BCUT2D eigenvalue weighted by Gasteiger charge is 2.51. The van der Waals surface area contributed by atoms with E-state index in [1.165, 1.54) is 12.8 Å². The zero-order valence-corrected chi connectivity index (χ0v) is 15.2. The molecular formula is C19H32N2O3. The van der Waals surface area contributed by atoms with Crippen molar-refractivity contribution in [2.75, 3.05) is 26.3 Å². The van der Waals surface area contributed by atoms with Crippen LogP contribution in [0.25, 0.3) is 0 Å². The van der Waals surface area contributed by atoms with Gasteiger partial charge in [0.1, 0.15) is 0 Å². The first-order chi connectivity index (χ1) is 11.5. The first-order valence-electron chi connectivity index (χ1n) is 9.66. The summed E-state index contributed by atoms with van der Waals surface area (Å²) >= 11 is 0. The molecule has 136 valence electrons. The molecule has 1 aliphatic carbocycles. The van der Waals surface area contributed by atoms with E-state index in [0.717, 1.165) is 32.2 Å². The summed E-state index contributed by atoms with van der Waals surface area (Å²) in [5, 5.41) is 3.27. The molecule has 2 saturated heterocycles. The molecule has 3 aliphatic rings. The summed E-state index contributed by atoms with van der Waals surface area (Å²) in [6.07, 6.45) is 6.99. The van der Waals surface area contributed by atoms with Gasteiger partial charge in [-0.25, -0.2) is 0 Å². The molecule has 1 spiro atoms. The lowest BCUT2D eigenvalue weighted by Crippen LogP contribution is -2.46. The molecule has 0 aromatic heterocycles. The number of carbonyl (C=O) groups excluding carboxylic acids is 2. The van der Waals surface area contributed by atoms with Crippen molar-refractivity contribution in [1.82, 2.24) is 10.2 Å². The zero-order chi connectivity index (χ0) is 17.2. The van der Waals surface area contributed by atoms with Gasteiger partial charge in [0, 0.05) is 44.2 Å². The molecule has 3 fully saturated rings. The SMILES string of the molecule is CC(C)CC(=O)N1CC(C(=O)NC2CCCC2)C2(CCOCC2)C1. The lowest BCUT2D eigenvalue weighted by Gasteiger charge is -2.37. The van der Waals surface area contributed by atoms with Crippen LogP contribution in [-0.2, 0) is 14.3 Å². The van der Waals surface area contributed by atoms with Gasteiger partial charge in [0.25, 0.3) is 0 Å². The van der Waals surface area contributed by atoms with Crippen molar-refractivity contribution in [3.8, 4) is 0 Å². The fraction of sp³-hybridized carbons (Fsp3) is 0.895. The summed E-state index contributed by atoms with van der Waals surface area (Å²) in [7, 11) is 0. The van der Waals surface area contributed by atoms with Crippen LogP contribution in [0.4, 0.5) is 0 Å². The summed E-state index contributed by atoms with van der Waals surface area (Å²) in [5.74, 6) is 0.656. The van der Waals surface area contributed by atoms with Gasteiger partial charge in [-0.2, -0.15) is 0 Å². The van der Waals surface area contributed by atoms with Gasteiger partial charge in [-0.15, -0.1) is 0 Å². The van der Waals surface area contributed by atoms with Crippen molar-refractivity contribution in [2.45, 2.75) is 64.8 Å². The minimum atomic E-state index is -0.0758. The molecule has 1 N–H and O–H groups in total. The molecule has 1 saturated carbocycles. The quantitative estimate of drug-likeness (QED) is 0.857. The van der Waals surface area contributed by atoms with Gasteiger partial charge in [0.05, 0.1) is 5.92 Å². The molecule has 0 aromatic rings. The van der Waals surface area contributed by atoms with E-state index < -0.39 is 0 Å². The maximum absolute atomic E-state index is 13.0. The third-order valence-corrected chi connectivity index (χ3v) is 6.09. The second-order valence-corrected chi connectivity index (χ2v) is 8.39. The Hall–Kier alpha value is -1.10. The van der Waals surface area contributed by atoms with Gasteiger partial charge in [0.2, 0.25) is 11.8 Å². The largest absolute Gasteiger partial charge is 0.381 e. The van der Waals surface area contributed by atoms with E-state index >= 15 is 0 Å². The number of amides is 2. The third-order valence-electron chi connectivity index (χ3n) is 6.09. The van der Waals surface area contributed by atoms with E-state index in [1.807, 2.05) is 4.90 Å². The van der Waals surface area contributed by atoms with Crippen molar-refractivity contribution in [1.29, 1.82) is 0 Å². The molecule has 24 heavy (non-hydrogen) atoms. The van der Waals surface area contributed by atoms with Crippen molar-refractivity contribution < 1.29 is 14.3 Å². The Kier molecular flexibility index (Phi) is 5.48. The highest BCUT2D eigenvalue weighted by Crippen LogP contribution is 2.44. The Morgan fingerprint density at radius 1 is 1.21 bits per heavy atom. The first kappa shape index (κ1) is 17.7. The van der Waals surface area contributed by atoms with Crippen molar-refractivity contribution in [3.63, 3.8) is 0 Å². The number of rotatable bonds is 4. The fourth-order valence-corrected chi connectivity index (χ4v) is 4.65. The minimum Gasteiger partial charge on any atom is -0.381 e. The number of ether oxygens (including phenoxy) is 1. The van der Waals surface area contributed by atoms with Gasteiger partial charge >= 0.3 is 0 Å². The summed E-state index contributed by atoms with van der Waals surface area (Å²) in [6, 6.07) is 0.342. The smallest absolute Gasteiger partial charge is 0.225 e. The zero-order valence-electron chi connectivity index (χ0n) is 15.2. The Bertz CT molecular complexity index is 465.